The Hall–Kier alpha value is -1.84. The second-order valence-electron chi connectivity index (χ2n) is 5.16. The summed E-state index contributed by atoms with van der Waals surface area (Å²) in [5, 5.41) is 0. The van der Waals surface area contributed by atoms with E-state index in [0.29, 0.717) is 11.8 Å². The number of aromatic nitrogens is 2. The molecule has 0 aliphatic carbocycles. The molecule has 0 amide bonds. The van der Waals surface area contributed by atoms with Gasteiger partial charge in [0.2, 0.25) is 11.8 Å². The monoisotopic (exact) mass is 288 g/mol. The number of unbranched alkanes of at least 4 members (excludes halogenated alkanes) is 5. The van der Waals surface area contributed by atoms with E-state index >= 15 is 0 Å². The Kier molecular flexibility index (Phi) is 6.25. The SMILES string of the molecule is CCCCCCCCOc1ccc2nc(OC)ccc2n1. The Bertz CT molecular complexity index is 557. The van der Waals surface area contributed by atoms with E-state index in [0.717, 1.165) is 24.1 Å². The second kappa shape index (κ2) is 8.45. The van der Waals surface area contributed by atoms with Gasteiger partial charge in [0.05, 0.1) is 24.8 Å². The van der Waals surface area contributed by atoms with E-state index < -0.39 is 0 Å². The maximum atomic E-state index is 5.71. The first kappa shape index (κ1) is 15.5. The molecule has 2 aromatic heterocycles. The zero-order valence-electron chi connectivity index (χ0n) is 13.0. The van der Waals surface area contributed by atoms with Crippen LogP contribution in [0.3, 0.4) is 0 Å². The van der Waals surface area contributed by atoms with Crippen LogP contribution in [0.25, 0.3) is 11.0 Å². The topological polar surface area (TPSA) is 44.2 Å². The van der Waals surface area contributed by atoms with Gasteiger partial charge in [-0.3, -0.25) is 0 Å². The molecule has 0 saturated heterocycles. The van der Waals surface area contributed by atoms with Gasteiger partial charge < -0.3 is 9.47 Å². The molecule has 0 aromatic carbocycles. The summed E-state index contributed by atoms with van der Waals surface area (Å²) < 4.78 is 10.8. The lowest BCUT2D eigenvalue weighted by Crippen LogP contribution is -1.99. The van der Waals surface area contributed by atoms with E-state index in [1.807, 2.05) is 24.3 Å². The van der Waals surface area contributed by atoms with Crippen LogP contribution in [0.5, 0.6) is 11.8 Å². The Labute approximate surface area is 126 Å². The fourth-order valence-corrected chi connectivity index (χ4v) is 2.23. The molecule has 0 aliphatic heterocycles. The van der Waals surface area contributed by atoms with Crippen molar-refractivity contribution in [1.82, 2.24) is 9.97 Å². The number of fused-ring (bicyclic) bond motifs is 1. The lowest BCUT2D eigenvalue weighted by molar-refractivity contribution is 0.294. The standard InChI is InChI=1S/C17H24N2O2/c1-3-4-5-6-7-8-13-21-17-12-10-14-15(19-17)9-11-16(18-14)20-2/h9-12H,3-8,13H2,1-2H3. The largest absolute Gasteiger partial charge is 0.481 e. The van der Waals surface area contributed by atoms with Crippen LogP contribution in [0.1, 0.15) is 45.4 Å². The first-order valence-corrected chi connectivity index (χ1v) is 7.78. The summed E-state index contributed by atoms with van der Waals surface area (Å²) in [4.78, 5) is 8.79. The van der Waals surface area contributed by atoms with Crippen LogP contribution in [0.4, 0.5) is 0 Å². The lowest BCUT2D eigenvalue weighted by atomic mass is 10.1. The van der Waals surface area contributed by atoms with E-state index in [4.69, 9.17) is 9.47 Å². The number of hydrogen-bond donors (Lipinski definition) is 0. The van der Waals surface area contributed by atoms with Crippen molar-refractivity contribution in [3.05, 3.63) is 24.3 Å². The Morgan fingerprint density at radius 2 is 1.43 bits per heavy atom. The van der Waals surface area contributed by atoms with Gasteiger partial charge in [-0.05, 0) is 18.6 Å². The summed E-state index contributed by atoms with van der Waals surface area (Å²) in [6.07, 6.45) is 7.57. The average molecular weight is 288 g/mol. The quantitative estimate of drug-likeness (QED) is 0.642. The van der Waals surface area contributed by atoms with E-state index in [1.54, 1.807) is 7.11 Å². The van der Waals surface area contributed by atoms with Crippen molar-refractivity contribution in [2.24, 2.45) is 0 Å². The van der Waals surface area contributed by atoms with Crippen LogP contribution in [0, 0.1) is 0 Å². The van der Waals surface area contributed by atoms with Crippen molar-refractivity contribution in [3.63, 3.8) is 0 Å². The molecule has 2 heterocycles. The molecular formula is C17H24N2O2. The van der Waals surface area contributed by atoms with Crippen LogP contribution in [-0.2, 0) is 0 Å². The first-order valence-electron chi connectivity index (χ1n) is 7.78. The summed E-state index contributed by atoms with van der Waals surface area (Å²) in [6, 6.07) is 7.50. The third kappa shape index (κ3) is 4.88. The molecule has 0 bridgehead atoms. The molecule has 0 aliphatic rings. The summed E-state index contributed by atoms with van der Waals surface area (Å²) in [7, 11) is 1.61. The van der Waals surface area contributed by atoms with Gasteiger partial charge in [-0.1, -0.05) is 39.0 Å². The van der Waals surface area contributed by atoms with Crippen molar-refractivity contribution in [2.75, 3.05) is 13.7 Å². The van der Waals surface area contributed by atoms with Crippen molar-refractivity contribution in [3.8, 4) is 11.8 Å². The number of ether oxygens (including phenoxy) is 2. The van der Waals surface area contributed by atoms with Crippen molar-refractivity contribution in [2.45, 2.75) is 45.4 Å². The second-order valence-corrected chi connectivity index (χ2v) is 5.16. The number of methoxy groups -OCH3 is 1. The molecule has 0 radical (unpaired) electrons. The molecule has 2 rings (SSSR count). The Morgan fingerprint density at radius 3 is 2.14 bits per heavy atom. The molecule has 0 spiro atoms. The zero-order valence-corrected chi connectivity index (χ0v) is 13.0. The average Bonchev–Trinajstić information content (AvgIpc) is 2.53. The van der Waals surface area contributed by atoms with Crippen molar-refractivity contribution >= 4 is 11.0 Å². The summed E-state index contributed by atoms with van der Waals surface area (Å²) in [5.41, 5.74) is 1.65. The zero-order chi connectivity index (χ0) is 14.9. The number of hydrogen-bond acceptors (Lipinski definition) is 4. The van der Waals surface area contributed by atoms with Crippen LogP contribution in [-0.4, -0.2) is 23.7 Å². The third-order valence-corrected chi connectivity index (χ3v) is 3.45. The van der Waals surface area contributed by atoms with Crippen LogP contribution < -0.4 is 9.47 Å². The molecule has 0 saturated carbocycles. The first-order chi connectivity index (χ1) is 10.3. The number of nitrogens with zero attached hydrogens (tertiary/aromatic N) is 2. The van der Waals surface area contributed by atoms with Crippen LogP contribution in [0.2, 0.25) is 0 Å². The normalized spacial score (nSPS) is 10.8. The molecule has 4 nitrogen and oxygen atoms in total. The summed E-state index contributed by atoms with van der Waals surface area (Å²) in [6.45, 7) is 2.97. The minimum Gasteiger partial charge on any atom is -0.481 e. The van der Waals surface area contributed by atoms with Gasteiger partial charge in [0.15, 0.2) is 0 Å². The van der Waals surface area contributed by atoms with E-state index in [2.05, 4.69) is 16.9 Å². The lowest BCUT2D eigenvalue weighted by Gasteiger charge is -2.06. The highest BCUT2D eigenvalue weighted by Crippen LogP contribution is 2.18. The van der Waals surface area contributed by atoms with Crippen molar-refractivity contribution < 1.29 is 9.47 Å². The van der Waals surface area contributed by atoms with Crippen molar-refractivity contribution in [1.29, 1.82) is 0 Å². The fraction of sp³-hybridized carbons (Fsp3) is 0.529. The van der Waals surface area contributed by atoms with E-state index in [9.17, 15) is 0 Å². The minimum absolute atomic E-state index is 0.602. The maximum absolute atomic E-state index is 5.71. The Balaban J connectivity index is 1.80. The number of pyridine rings is 2. The van der Waals surface area contributed by atoms with Gasteiger partial charge in [-0.2, -0.15) is 0 Å². The van der Waals surface area contributed by atoms with Crippen LogP contribution >= 0.6 is 0 Å². The summed E-state index contributed by atoms with van der Waals surface area (Å²) in [5.74, 6) is 1.27. The van der Waals surface area contributed by atoms with Gasteiger partial charge in [-0.15, -0.1) is 0 Å². The molecule has 0 N–H and O–H groups in total. The van der Waals surface area contributed by atoms with E-state index in [-0.39, 0.29) is 0 Å². The van der Waals surface area contributed by atoms with E-state index in [1.165, 1.54) is 32.1 Å². The predicted octanol–water partition coefficient (Wildman–Crippen LogP) is 4.38. The molecular weight excluding hydrogens is 264 g/mol. The molecule has 2 aromatic rings. The fourth-order valence-electron chi connectivity index (χ4n) is 2.23. The molecule has 0 fully saturated rings. The molecule has 4 heteroatoms. The summed E-state index contributed by atoms with van der Waals surface area (Å²) >= 11 is 0. The highest BCUT2D eigenvalue weighted by molar-refractivity contribution is 5.75. The molecule has 0 atom stereocenters. The van der Waals surface area contributed by atoms with Crippen LogP contribution in [0.15, 0.2) is 24.3 Å². The van der Waals surface area contributed by atoms with Gasteiger partial charge in [0.25, 0.3) is 0 Å². The predicted molar refractivity (Wildman–Crippen MR) is 85.0 cm³/mol. The van der Waals surface area contributed by atoms with Gasteiger partial charge in [0, 0.05) is 12.1 Å². The van der Waals surface area contributed by atoms with Gasteiger partial charge >= 0.3 is 0 Å². The maximum Gasteiger partial charge on any atom is 0.213 e. The highest BCUT2D eigenvalue weighted by atomic mass is 16.5. The smallest absolute Gasteiger partial charge is 0.213 e. The highest BCUT2D eigenvalue weighted by Gasteiger charge is 2.02. The van der Waals surface area contributed by atoms with Gasteiger partial charge in [-0.25, -0.2) is 9.97 Å². The van der Waals surface area contributed by atoms with Gasteiger partial charge in [0.1, 0.15) is 0 Å². The molecule has 114 valence electrons. The number of rotatable bonds is 9. The molecule has 21 heavy (non-hydrogen) atoms. The molecule has 0 unspecified atom stereocenters. The third-order valence-electron chi connectivity index (χ3n) is 3.45. The Morgan fingerprint density at radius 1 is 0.810 bits per heavy atom. The minimum atomic E-state index is 0.602.